The second kappa shape index (κ2) is 8.65. The molecule has 1 atom stereocenters. The summed E-state index contributed by atoms with van der Waals surface area (Å²) in [4.78, 5) is 28.2. The number of rotatable bonds is 6. The third kappa shape index (κ3) is 3.56. The Labute approximate surface area is 197 Å². The molecule has 0 saturated carbocycles. The van der Waals surface area contributed by atoms with Crippen molar-refractivity contribution in [2.45, 2.75) is 51.7 Å². The second-order valence-corrected chi connectivity index (χ2v) is 9.03. The van der Waals surface area contributed by atoms with Crippen molar-refractivity contribution in [2.75, 3.05) is 6.61 Å². The van der Waals surface area contributed by atoms with Crippen molar-refractivity contribution in [2.24, 2.45) is 0 Å². The molecular formula is C27H27N5O2. The highest BCUT2D eigenvalue weighted by Gasteiger charge is 2.23. The van der Waals surface area contributed by atoms with Crippen molar-refractivity contribution in [1.82, 2.24) is 24.1 Å². The number of aryl methyl sites for hydroxylation is 1. The van der Waals surface area contributed by atoms with Gasteiger partial charge in [0.25, 0.3) is 5.56 Å². The molecular weight excluding hydrogens is 426 g/mol. The van der Waals surface area contributed by atoms with Crippen LogP contribution in [0.25, 0.3) is 38.9 Å². The maximum absolute atomic E-state index is 13.7. The Morgan fingerprint density at radius 2 is 1.82 bits per heavy atom. The summed E-state index contributed by atoms with van der Waals surface area (Å²) in [5, 5.41) is 0.504. The van der Waals surface area contributed by atoms with E-state index in [4.69, 9.17) is 19.7 Å². The van der Waals surface area contributed by atoms with Crippen LogP contribution >= 0.6 is 0 Å². The van der Waals surface area contributed by atoms with E-state index in [2.05, 4.69) is 31.2 Å². The lowest BCUT2D eigenvalue weighted by molar-refractivity contribution is 0.0960. The molecule has 7 nitrogen and oxygen atoms in total. The lowest BCUT2D eigenvalue weighted by Crippen LogP contribution is -2.26. The van der Waals surface area contributed by atoms with Crippen LogP contribution in [0.5, 0.6) is 0 Å². The van der Waals surface area contributed by atoms with E-state index in [9.17, 15) is 4.79 Å². The predicted octanol–water partition coefficient (Wildman–Crippen LogP) is 4.81. The van der Waals surface area contributed by atoms with Crippen LogP contribution in [0.3, 0.4) is 0 Å². The van der Waals surface area contributed by atoms with Gasteiger partial charge in [0.05, 0.1) is 23.7 Å². The van der Waals surface area contributed by atoms with Crippen molar-refractivity contribution in [3.63, 3.8) is 0 Å². The summed E-state index contributed by atoms with van der Waals surface area (Å²) in [6.07, 6.45) is 7.06. The van der Waals surface area contributed by atoms with Gasteiger partial charge in [0.15, 0.2) is 11.3 Å². The Morgan fingerprint density at radius 3 is 2.56 bits per heavy atom. The van der Waals surface area contributed by atoms with Crippen LogP contribution in [0.2, 0.25) is 0 Å². The fraction of sp³-hybridized carbons (Fsp3) is 0.333. The van der Waals surface area contributed by atoms with Gasteiger partial charge in [0.2, 0.25) is 0 Å². The third-order valence-corrected chi connectivity index (χ3v) is 6.67. The molecule has 34 heavy (non-hydrogen) atoms. The van der Waals surface area contributed by atoms with Gasteiger partial charge in [-0.15, -0.1) is 0 Å². The molecule has 1 saturated heterocycles. The van der Waals surface area contributed by atoms with E-state index in [0.717, 1.165) is 49.0 Å². The first kappa shape index (κ1) is 21.0. The fourth-order valence-corrected chi connectivity index (χ4v) is 4.85. The first-order chi connectivity index (χ1) is 16.7. The molecule has 0 unspecified atom stereocenters. The molecule has 0 radical (unpaired) electrons. The quantitative estimate of drug-likeness (QED) is 0.369. The number of aromatic nitrogens is 5. The molecule has 0 spiro atoms. The average molecular weight is 454 g/mol. The van der Waals surface area contributed by atoms with Gasteiger partial charge in [-0.1, -0.05) is 37.6 Å². The van der Waals surface area contributed by atoms with Crippen LogP contribution < -0.4 is 5.56 Å². The van der Waals surface area contributed by atoms with Crippen LogP contribution in [0.15, 0.2) is 59.7 Å². The van der Waals surface area contributed by atoms with Gasteiger partial charge < -0.3 is 4.74 Å². The number of ether oxygens (including phenoxy) is 1. The minimum Gasteiger partial charge on any atom is -0.376 e. The molecule has 0 aliphatic carbocycles. The Kier molecular flexibility index (Phi) is 5.34. The standard InChI is InChI=1S/C27H27N5O2/c1-2-3-7-18-11-13-19(14-12-18)32-25-23(24-26(32)30-22-10-5-4-9-21(22)29-24)27(33)31(17-28-25)16-20-8-6-15-34-20/h4-5,9-14,17,20H,2-3,6-8,15-16H2,1H3/t20-/m0/s1. The molecule has 7 heteroatoms. The van der Waals surface area contributed by atoms with E-state index in [0.29, 0.717) is 28.7 Å². The fourth-order valence-electron chi connectivity index (χ4n) is 4.85. The summed E-state index contributed by atoms with van der Waals surface area (Å²) < 4.78 is 9.39. The van der Waals surface area contributed by atoms with Gasteiger partial charge in [-0.25, -0.2) is 15.0 Å². The number of nitrogens with zero attached hydrogens (tertiary/aromatic N) is 5. The van der Waals surface area contributed by atoms with Crippen molar-refractivity contribution in [1.29, 1.82) is 0 Å². The predicted molar refractivity (Wildman–Crippen MR) is 134 cm³/mol. The third-order valence-electron chi connectivity index (χ3n) is 6.67. The summed E-state index contributed by atoms with van der Waals surface area (Å²) in [6.45, 7) is 3.45. The van der Waals surface area contributed by atoms with E-state index in [1.165, 1.54) is 12.0 Å². The van der Waals surface area contributed by atoms with E-state index in [1.807, 2.05) is 28.8 Å². The molecule has 5 aromatic rings. The van der Waals surface area contributed by atoms with Crippen molar-refractivity contribution >= 4 is 33.2 Å². The minimum absolute atomic E-state index is 0.0490. The van der Waals surface area contributed by atoms with Crippen LogP contribution in [0.1, 0.15) is 38.2 Å². The van der Waals surface area contributed by atoms with Crippen LogP contribution in [-0.4, -0.2) is 36.8 Å². The second-order valence-electron chi connectivity index (χ2n) is 9.03. The van der Waals surface area contributed by atoms with E-state index < -0.39 is 0 Å². The number of hydrogen-bond acceptors (Lipinski definition) is 5. The first-order valence-electron chi connectivity index (χ1n) is 12.1. The highest BCUT2D eigenvalue weighted by atomic mass is 16.5. The highest BCUT2D eigenvalue weighted by Crippen LogP contribution is 2.28. The van der Waals surface area contributed by atoms with E-state index in [1.54, 1.807) is 10.9 Å². The summed E-state index contributed by atoms with van der Waals surface area (Å²) in [5.74, 6) is 0. The molecule has 172 valence electrons. The lowest BCUT2D eigenvalue weighted by Gasteiger charge is -2.11. The minimum atomic E-state index is -0.103. The largest absolute Gasteiger partial charge is 0.376 e. The Balaban J connectivity index is 1.58. The van der Waals surface area contributed by atoms with Gasteiger partial charge in [-0.05, 0) is 55.5 Å². The molecule has 1 fully saturated rings. The average Bonchev–Trinajstić information content (AvgIpc) is 3.49. The maximum Gasteiger partial charge on any atom is 0.265 e. The molecule has 0 amide bonds. The SMILES string of the molecule is CCCCc1ccc(-n2c3nc4ccccc4nc3c3c(=O)n(C[C@@H]4CCCO4)cnc32)cc1. The number of para-hydroxylation sites is 2. The first-order valence-corrected chi connectivity index (χ1v) is 12.1. The molecule has 1 aliphatic rings. The summed E-state index contributed by atoms with van der Waals surface area (Å²) in [7, 11) is 0. The molecule has 4 heterocycles. The highest BCUT2D eigenvalue weighted by molar-refractivity contribution is 6.05. The van der Waals surface area contributed by atoms with Crippen molar-refractivity contribution < 1.29 is 4.74 Å². The van der Waals surface area contributed by atoms with Crippen LogP contribution in [0, 0.1) is 0 Å². The summed E-state index contributed by atoms with van der Waals surface area (Å²) >= 11 is 0. The Bertz CT molecular complexity index is 1550. The monoisotopic (exact) mass is 453 g/mol. The lowest BCUT2D eigenvalue weighted by atomic mass is 10.1. The van der Waals surface area contributed by atoms with Gasteiger partial charge in [0, 0.05) is 12.3 Å². The number of fused-ring (bicyclic) bond motifs is 4. The number of benzene rings is 2. The molecule has 3 aromatic heterocycles. The topological polar surface area (TPSA) is 74.8 Å². The van der Waals surface area contributed by atoms with Crippen LogP contribution in [0.4, 0.5) is 0 Å². The molecule has 0 N–H and O–H groups in total. The van der Waals surface area contributed by atoms with Gasteiger partial charge in [0.1, 0.15) is 17.2 Å². The van der Waals surface area contributed by atoms with Crippen molar-refractivity contribution in [3.05, 3.63) is 70.8 Å². The number of hydrogen-bond donors (Lipinski definition) is 0. The summed E-state index contributed by atoms with van der Waals surface area (Å²) in [6, 6.07) is 16.2. The van der Waals surface area contributed by atoms with Gasteiger partial charge in [-0.3, -0.25) is 13.9 Å². The number of unbranched alkanes of at least 4 members (excludes halogenated alkanes) is 1. The zero-order valence-corrected chi connectivity index (χ0v) is 19.3. The summed E-state index contributed by atoms with van der Waals surface area (Å²) in [5.41, 5.74) is 5.49. The zero-order valence-electron chi connectivity index (χ0n) is 19.3. The normalized spacial score (nSPS) is 16.2. The zero-order chi connectivity index (χ0) is 23.1. The maximum atomic E-state index is 13.7. The van der Waals surface area contributed by atoms with Gasteiger partial charge in [-0.2, -0.15) is 0 Å². The Morgan fingerprint density at radius 1 is 1.03 bits per heavy atom. The Hall–Kier alpha value is -3.58. The molecule has 2 aromatic carbocycles. The molecule has 6 rings (SSSR count). The smallest absolute Gasteiger partial charge is 0.265 e. The van der Waals surface area contributed by atoms with E-state index in [-0.39, 0.29) is 11.7 Å². The molecule has 1 aliphatic heterocycles. The van der Waals surface area contributed by atoms with E-state index >= 15 is 0 Å². The van der Waals surface area contributed by atoms with Crippen molar-refractivity contribution in [3.8, 4) is 5.69 Å². The molecule has 0 bridgehead atoms. The van der Waals surface area contributed by atoms with Gasteiger partial charge >= 0.3 is 0 Å². The van der Waals surface area contributed by atoms with Crippen LogP contribution in [-0.2, 0) is 17.7 Å².